The fraction of sp³-hybridized carbons (Fsp3) is 0.200. The summed E-state index contributed by atoms with van der Waals surface area (Å²) in [5.74, 6) is -0.324. The molecule has 4 rings (SSSR count). The third-order valence-corrected chi connectivity index (χ3v) is 5.74. The Hall–Kier alpha value is -3.20. The first-order valence-electron chi connectivity index (χ1n) is 9.72. The second-order valence-corrected chi connectivity index (χ2v) is 7.42. The average molecular weight is 369 g/mol. The Morgan fingerprint density at radius 2 is 1.32 bits per heavy atom. The Balaban J connectivity index is 1.54. The maximum atomic E-state index is 13.0. The molecule has 1 amide bonds. The van der Waals surface area contributed by atoms with Crippen molar-refractivity contribution >= 4 is 11.7 Å². The van der Waals surface area contributed by atoms with Gasteiger partial charge in [-0.15, -0.1) is 0 Å². The van der Waals surface area contributed by atoms with Crippen molar-refractivity contribution in [3.63, 3.8) is 0 Å². The number of carbonyl (C=O) groups excluding carboxylic acids is 2. The van der Waals surface area contributed by atoms with E-state index < -0.39 is 0 Å². The summed E-state index contributed by atoms with van der Waals surface area (Å²) in [6.07, 6.45) is 3.32. The molecular formula is C25H23NO2. The van der Waals surface area contributed by atoms with Gasteiger partial charge in [-0.1, -0.05) is 85.3 Å². The highest BCUT2D eigenvalue weighted by Gasteiger charge is 2.38. The summed E-state index contributed by atoms with van der Waals surface area (Å²) in [6, 6.07) is 26.5. The fourth-order valence-electron chi connectivity index (χ4n) is 3.93. The number of rotatable bonds is 6. The van der Waals surface area contributed by atoms with Crippen molar-refractivity contribution in [2.75, 3.05) is 6.54 Å². The lowest BCUT2D eigenvalue weighted by Gasteiger charge is -2.42. The van der Waals surface area contributed by atoms with E-state index in [1.807, 2.05) is 36.4 Å². The van der Waals surface area contributed by atoms with E-state index in [0.29, 0.717) is 23.2 Å². The average Bonchev–Trinajstić information content (AvgIpc) is 2.74. The van der Waals surface area contributed by atoms with Crippen LogP contribution in [0.2, 0.25) is 0 Å². The minimum absolute atomic E-state index is 0.00923. The molecule has 28 heavy (non-hydrogen) atoms. The van der Waals surface area contributed by atoms with Crippen molar-refractivity contribution in [3.05, 3.63) is 107 Å². The van der Waals surface area contributed by atoms with Crippen LogP contribution in [0, 0.1) is 0 Å². The van der Waals surface area contributed by atoms with Gasteiger partial charge >= 0.3 is 0 Å². The quantitative estimate of drug-likeness (QED) is 0.636. The Morgan fingerprint density at radius 1 is 0.750 bits per heavy atom. The number of amides is 1. The van der Waals surface area contributed by atoms with E-state index >= 15 is 0 Å². The monoisotopic (exact) mass is 369 g/mol. The van der Waals surface area contributed by atoms with E-state index in [0.717, 1.165) is 12.8 Å². The minimum Gasteiger partial charge on any atom is -0.351 e. The number of nitrogens with one attached hydrogen (secondary N) is 1. The van der Waals surface area contributed by atoms with Crippen LogP contribution in [0.1, 0.15) is 51.1 Å². The van der Waals surface area contributed by atoms with Gasteiger partial charge in [0.05, 0.1) is 5.56 Å². The Kier molecular flexibility index (Phi) is 5.07. The van der Waals surface area contributed by atoms with Crippen molar-refractivity contribution in [3.8, 4) is 0 Å². The molecule has 0 spiro atoms. The molecule has 0 bridgehead atoms. The molecular weight excluding hydrogens is 346 g/mol. The van der Waals surface area contributed by atoms with Crippen LogP contribution in [-0.2, 0) is 5.41 Å². The lowest BCUT2D eigenvalue weighted by atomic mass is 9.64. The van der Waals surface area contributed by atoms with Crippen molar-refractivity contribution < 1.29 is 9.59 Å². The largest absolute Gasteiger partial charge is 0.351 e. The van der Waals surface area contributed by atoms with Crippen LogP contribution >= 0.6 is 0 Å². The molecule has 3 nitrogen and oxygen atoms in total. The minimum atomic E-state index is -0.193. The van der Waals surface area contributed by atoms with E-state index in [9.17, 15) is 9.59 Å². The third-order valence-electron chi connectivity index (χ3n) is 5.74. The molecule has 3 aromatic carbocycles. The molecule has 3 heteroatoms. The first-order valence-corrected chi connectivity index (χ1v) is 9.72. The summed E-state index contributed by atoms with van der Waals surface area (Å²) >= 11 is 0. The van der Waals surface area contributed by atoms with Crippen molar-refractivity contribution in [2.45, 2.75) is 24.7 Å². The molecule has 0 heterocycles. The summed E-state index contributed by atoms with van der Waals surface area (Å²) in [5.41, 5.74) is 2.74. The van der Waals surface area contributed by atoms with Crippen LogP contribution in [0.25, 0.3) is 0 Å². The summed E-state index contributed by atoms with van der Waals surface area (Å²) in [4.78, 5) is 25.8. The topological polar surface area (TPSA) is 46.2 Å². The molecule has 1 aliphatic rings. The first kappa shape index (κ1) is 18.2. The molecule has 140 valence electrons. The van der Waals surface area contributed by atoms with Gasteiger partial charge in [0, 0.05) is 23.1 Å². The van der Waals surface area contributed by atoms with Crippen LogP contribution in [-0.4, -0.2) is 18.2 Å². The lowest BCUT2D eigenvalue weighted by molar-refractivity contribution is 0.0919. The highest BCUT2D eigenvalue weighted by atomic mass is 16.2. The summed E-state index contributed by atoms with van der Waals surface area (Å²) in [6.45, 7) is 0.587. The molecule has 0 unspecified atom stereocenters. The van der Waals surface area contributed by atoms with E-state index in [1.54, 1.807) is 36.4 Å². The zero-order valence-electron chi connectivity index (χ0n) is 15.7. The Morgan fingerprint density at radius 3 is 1.93 bits per heavy atom. The van der Waals surface area contributed by atoms with Crippen molar-refractivity contribution in [1.29, 1.82) is 0 Å². The zero-order chi connectivity index (χ0) is 19.4. The zero-order valence-corrected chi connectivity index (χ0v) is 15.7. The number of hydrogen-bond acceptors (Lipinski definition) is 2. The number of ketones is 1. The van der Waals surface area contributed by atoms with E-state index in [1.165, 1.54) is 12.0 Å². The highest BCUT2D eigenvalue weighted by Crippen LogP contribution is 2.43. The first-order chi connectivity index (χ1) is 13.7. The van der Waals surface area contributed by atoms with Crippen LogP contribution in [0.3, 0.4) is 0 Å². The van der Waals surface area contributed by atoms with Crippen LogP contribution in [0.5, 0.6) is 0 Å². The predicted molar refractivity (Wildman–Crippen MR) is 111 cm³/mol. The molecule has 1 saturated carbocycles. The smallest absolute Gasteiger partial charge is 0.252 e. The van der Waals surface area contributed by atoms with Crippen LogP contribution in [0.15, 0.2) is 84.9 Å². The molecule has 1 N–H and O–H groups in total. The van der Waals surface area contributed by atoms with Gasteiger partial charge in [-0.3, -0.25) is 9.59 Å². The SMILES string of the molecule is O=C(NCC1(c2ccccc2)CCC1)c1ccccc1C(=O)c1ccccc1. The van der Waals surface area contributed by atoms with Gasteiger partial charge in [0.2, 0.25) is 0 Å². The van der Waals surface area contributed by atoms with Gasteiger partial charge in [-0.25, -0.2) is 0 Å². The summed E-state index contributed by atoms with van der Waals surface area (Å²) in [5, 5.41) is 3.10. The third kappa shape index (κ3) is 3.48. The second-order valence-electron chi connectivity index (χ2n) is 7.42. The van der Waals surface area contributed by atoms with E-state index in [-0.39, 0.29) is 17.1 Å². The number of carbonyl (C=O) groups is 2. The summed E-state index contributed by atoms with van der Waals surface area (Å²) < 4.78 is 0. The molecule has 0 saturated heterocycles. The lowest BCUT2D eigenvalue weighted by Crippen LogP contribution is -2.45. The van der Waals surface area contributed by atoms with Gasteiger partial charge in [-0.2, -0.15) is 0 Å². The van der Waals surface area contributed by atoms with Crippen molar-refractivity contribution in [1.82, 2.24) is 5.32 Å². The maximum absolute atomic E-state index is 13.0. The van der Waals surface area contributed by atoms with Gasteiger partial charge in [0.15, 0.2) is 5.78 Å². The number of hydrogen-bond donors (Lipinski definition) is 1. The second kappa shape index (κ2) is 7.81. The summed E-state index contributed by atoms with van der Waals surface area (Å²) in [7, 11) is 0. The fourth-order valence-corrected chi connectivity index (χ4v) is 3.93. The number of benzene rings is 3. The van der Waals surface area contributed by atoms with Crippen LogP contribution in [0.4, 0.5) is 0 Å². The van der Waals surface area contributed by atoms with Gasteiger partial charge in [0.25, 0.3) is 5.91 Å². The van der Waals surface area contributed by atoms with Gasteiger partial charge in [-0.05, 0) is 24.5 Å². The van der Waals surface area contributed by atoms with Crippen molar-refractivity contribution in [2.24, 2.45) is 0 Å². The normalized spacial score (nSPS) is 14.7. The Bertz CT molecular complexity index is 976. The molecule has 1 fully saturated rings. The molecule has 0 radical (unpaired) electrons. The molecule has 1 aliphatic carbocycles. The molecule has 0 aromatic heterocycles. The van der Waals surface area contributed by atoms with E-state index in [2.05, 4.69) is 17.4 Å². The predicted octanol–water partition coefficient (Wildman–Crippen LogP) is 4.77. The molecule has 0 atom stereocenters. The standard InChI is InChI=1S/C25H23NO2/c27-23(19-10-3-1-4-11-19)21-14-7-8-15-22(21)24(28)26-18-25(16-9-17-25)20-12-5-2-6-13-20/h1-8,10-15H,9,16-18H2,(H,26,28). The Labute approximate surface area is 165 Å². The van der Waals surface area contributed by atoms with Crippen LogP contribution < -0.4 is 5.32 Å². The van der Waals surface area contributed by atoms with Gasteiger partial charge in [0.1, 0.15) is 0 Å². The van der Waals surface area contributed by atoms with Gasteiger partial charge < -0.3 is 5.32 Å². The molecule has 3 aromatic rings. The van der Waals surface area contributed by atoms with E-state index in [4.69, 9.17) is 0 Å². The highest BCUT2D eigenvalue weighted by molar-refractivity contribution is 6.15. The molecule has 0 aliphatic heterocycles. The maximum Gasteiger partial charge on any atom is 0.252 e.